The summed E-state index contributed by atoms with van der Waals surface area (Å²) in [5, 5.41) is 11.5. The number of carbonyl (C=O) groups is 2. The molecule has 0 aliphatic rings. The summed E-state index contributed by atoms with van der Waals surface area (Å²) in [7, 11) is -3.52. The van der Waals surface area contributed by atoms with E-state index < -0.39 is 27.9 Å². The van der Waals surface area contributed by atoms with Crippen molar-refractivity contribution in [3.63, 3.8) is 0 Å². The third-order valence-electron chi connectivity index (χ3n) is 3.14. The van der Waals surface area contributed by atoms with Gasteiger partial charge in [-0.15, -0.1) is 0 Å². The number of carboxylic acid groups (broad SMARTS) is 1. The fourth-order valence-corrected chi connectivity index (χ4v) is 3.08. The average molecular weight is 342 g/mol. The number of carbonyl (C=O) groups excluding carboxylic acids is 1. The summed E-state index contributed by atoms with van der Waals surface area (Å²) in [5.41, 5.74) is 0.610. The zero-order chi connectivity index (χ0) is 17.5. The van der Waals surface area contributed by atoms with Gasteiger partial charge < -0.3 is 10.4 Å². The summed E-state index contributed by atoms with van der Waals surface area (Å²) in [4.78, 5) is 23.0. The minimum Gasteiger partial charge on any atom is -0.480 e. The van der Waals surface area contributed by atoms with E-state index in [4.69, 9.17) is 5.11 Å². The fraction of sp³-hybridized carbons (Fsp3) is 0.467. The van der Waals surface area contributed by atoms with Gasteiger partial charge in [0, 0.05) is 6.54 Å². The molecule has 1 atom stereocenters. The molecule has 0 saturated heterocycles. The van der Waals surface area contributed by atoms with Crippen LogP contribution in [0.1, 0.15) is 32.3 Å². The van der Waals surface area contributed by atoms with Gasteiger partial charge in [-0.1, -0.05) is 32.4 Å². The van der Waals surface area contributed by atoms with Crippen molar-refractivity contribution in [2.75, 3.05) is 6.54 Å². The van der Waals surface area contributed by atoms with Crippen molar-refractivity contribution in [2.45, 2.75) is 44.0 Å². The summed E-state index contributed by atoms with van der Waals surface area (Å²) in [6.07, 6.45) is 1.00. The lowest BCUT2D eigenvalue weighted by atomic mass is 10.1. The molecule has 0 radical (unpaired) electrons. The Morgan fingerprint density at radius 1 is 1.17 bits per heavy atom. The highest BCUT2D eigenvalue weighted by Crippen LogP contribution is 2.11. The number of sulfonamides is 1. The van der Waals surface area contributed by atoms with Gasteiger partial charge in [-0.3, -0.25) is 4.79 Å². The number of benzene rings is 1. The van der Waals surface area contributed by atoms with Gasteiger partial charge in [0.1, 0.15) is 6.04 Å². The molecule has 8 heteroatoms. The topological polar surface area (TPSA) is 113 Å². The SMILES string of the molecule is CCCC(NC(=O)Cc1ccc(S(=O)(=O)NCC)cc1)C(=O)O. The van der Waals surface area contributed by atoms with E-state index in [0.29, 0.717) is 24.9 Å². The first kappa shape index (κ1) is 19.1. The van der Waals surface area contributed by atoms with Gasteiger partial charge in [-0.2, -0.15) is 0 Å². The molecule has 0 aliphatic carbocycles. The Morgan fingerprint density at radius 3 is 2.26 bits per heavy atom. The number of hydrogen-bond acceptors (Lipinski definition) is 4. The Bertz CT molecular complexity index is 640. The van der Waals surface area contributed by atoms with E-state index in [1.807, 2.05) is 6.92 Å². The van der Waals surface area contributed by atoms with Crippen molar-refractivity contribution in [1.29, 1.82) is 0 Å². The molecule has 128 valence electrons. The van der Waals surface area contributed by atoms with Crippen LogP contribution in [0, 0.1) is 0 Å². The van der Waals surface area contributed by atoms with Crippen molar-refractivity contribution in [3.05, 3.63) is 29.8 Å². The lowest BCUT2D eigenvalue weighted by Gasteiger charge is -2.13. The minimum atomic E-state index is -3.52. The normalized spacial score (nSPS) is 12.6. The predicted molar refractivity (Wildman–Crippen MR) is 85.5 cm³/mol. The van der Waals surface area contributed by atoms with Gasteiger partial charge in [-0.25, -0.2) is 17.9 Å². The van der Waals surface area contributed by atoms with E-state index in [0.717, 1.165) is 0 Å². The van der Waals surface area contributed by atoms with E-state index in [2.05, 4.69) is 10.0 Å². The Kier molecular flexibility index (Phi) is 7.18. The van der Waals surface area contributed by atoms with Crippen LogP contribution in [0.2, 0.25) is 0 Å². The molecule has 23 heavy (non-hydrogen) atoms. The van der Waals surface area contributed by atoms with Crippen LogP contribution >= 0.6 is 0 Å². The molecular formula is C15H22N2O5S. The average Bonchev–Trinajstić information content (AvgIpc) is 2.47. The largest absolute Gasteiger partial charge is 0.480 e. The van der Waals surface area contributed by atoms with Crippen LogP contribution in [-0.4, -0.2) is 38.0 Å². The number of nitrogens with one attached hydrogen (secondary N) is 2. The summed E-state index contributed by atoms with van der Waals surface area (Å²) in [5.74, 6) is -1.47. The lowest BCUT2D eigenvalue weighted by molar-refractivity contribution is -0.141. The molecular weight excluding hydrogens is 320 g/mol. The van der Waals surface area contributed by atoms with Gasteiger partial charge in [0.05, 0.1) is 11.3 Å². The molecule has 0 heterocycles. The first-order chi connectivity index (χ1) is 10.8. The van der Waals surface area contributed by atoms with Crippen LogP contribution < -0.4 is 10.0 Å². The second-order valence-electron chi connectivity index (χ2n) is 5.07. The maximum atomic E-state index is 11.9. The molecule has 0 saturated carbocycles. The maximum absolute atomic E-state index is 11.9. The molecule has 0 bridgehead atoms. The molecule has 0 fully saturated rings. The minimum absolute atomic E-state index is 0.00493. The molecule has 1 rings (SSSR count). The van der Waals surface area contributed by atoms with Crippen molar-refractivity contribution in [3.8, 4) is 0 Å². The lowest BCUT2D eigenvalue weighted by Crippen LogP contribution is -2.41. The second-order valence-corrected chi connectivity index (χ2v) is 6.84. The smallest absolute Gasteiger partial charge is 0.326 e. The Morgan fingerprint density at radius 2 is 1.78 bits per heavy atom. The van der Waals surface area contributed by atoms with E-state index in [9.17, 15) is 18.0 Å². The van der Waals surface area contributed by atoms with E-state index in [-0.39, 0.29) is 11.3 Å². The molecule has 0 aliphatic heterocycles. The highest BCUT2D eigenvalue weighted by molar-refractivity contribution is 7.89. The number of carboxylic acids is 1. The van der Waals surface area contributed by atoms with Gasteiger partial charge in [0.15, 0.2) is 0 Å². The summed E-state index contributed by atoms with van der Waals surface area (Å²) >= 11 is 0. The number of hydrogen-bond donors (Lipinski definition) is 3. The molecule has 1 aromatic carbocycles. The molecule has 1 amide bonds. The van der Waals surface area contributed by atoms with Crippen LogP contribution in [0.15, 0.2) is 29.2 Å². The molecule has 3 N–H and O–H groups in total. The molecule has 7 nitrogen and oxygen atoms in total. The quantitative estimate of drug-likeness (QED) is 0.617. The van der Waals surface area contributed by atoms with Crippen LogP contribution in [0.3, 0.4) is 0 Å². The third-order valence-corrected chi connectivity index (χ3v) is 4.70. The second kappa shape index (κ2) is 8.64. The summed E-state index contributed by atoms with van der Waals surface area (Å²) < 4.78 is 26.0. The zero-order valence-electron chi connectivity index (χ0n) is 13.2. The summed E-state index contributed by atoms with van der Waals surface area (Å²) in [6, 6.07) is 5.02. The number of aliphatic carboxylic acids is 1. The van der Waals surface area contributed by atoms with E-state index in [1.54, 1.807) is 19.1 Å². The summed E-state index contributed by atoms with van der Waals surface area (Å²) in [6.45, 7) is 3.82. The van der Waals surface area contributed by atoms with Gasteiger partial charge in [-0.05, 0) is 24.1 Å². The van der Waals surface area contributed by atoms with Gasteiger partial charge in [0.2, 0.25) is 15.9 Å². The predicted octanol–water partition coefficient (Wildman–Crippen LogP) is 0.897. The fourth-order valence-electron chi connectivity index (χ4n) is 2.04. The molecule has 0 aromatic heterocycles. The Hall–Kier alpha value is -1.93. The van der Waals surface area contributed by atoms with Crippen molar-refractivity contribution < 1.29 is 23.1 Å². The van der Waals surface area contributed by atoms with Crippen LogP contribution in [0.25, 0.3) is 0 Å². The van der Waals surface area contributed by atoms with E-state index >= 15 is 0 Å². The number of amides is 1. The van der Waals surface area contributed by atoms with Crippen LogP contribution in [0.4, 0.5) is 0 Å². The van der Waals surface area contributed by atoms with E-state index in [1.165, 1.54) is 12.1 Å². The van der Waals surface area contributed by atoms with Crippen molar-refractivity contribution in [2.24, 2.45) is 0 Å². The maximum Gasteiger partial charge on any atom is 0.326 e. The van der Waals surface area contributed by atoms with Crippen molar-refractivity contribution in [1.82, 2.24) is 10.0 Å². The first-order valence-electron chi connectivity index (χ1n) is 7.41. The highest BCUT2D eigenvalue weighted by atomic mass is 32.2. The molecule has 1 unspecified atom stereocenters. The number of rotatable bonds is 9. The van der Waals surface area contributed by atoms with Gasteiger partial charge >= 0.3 is 5.97 Å². The standard InChI is InChI=1S/C15H22N2O5S/c1-3-5-13(15(19)20)17-14(18)10-11-6-8-12(9-7-11)23(21,22)16-4-2/h6-9,13,16H,3-5,10H2,1-2H3,(H,17,18)(H,19,20). The Labute approximate surface area is 136 Å². The van der Waals surface area contributed by atoms with Crippen LogP contribution in [-0.2, 0) is 26.0 Å². The van der Waals surface area contributed by atoms with Crippen LogP contribution in [0.5, 0.6) is 0 Å². The van der Waals surface area contributed by atoms with Gasteiger partial charge in [0.25, 0.3) is 0 Å². The molecule has 1 aromatic rings. The first-order valence-corrected chi connectivity index (χ1v) is 8.89. The highest BCUT2D eigenvalue weighted by Gasteiger charge is 2.19. The molecule has 0 spiro atoms. The third kappa shape index (κ3) is 5.99. The van der Waals surface area contributed by atoms with Crippen molar-refractivity contribution >= 4 is 21.9 Å². The Balaban J connectivity index is 2.71. The monoisotopic (exact) mass is 342 g/mol. The zero-order valence-corrected chi connectivity index (χ0v) is 14.0.